The Morgan fingerprint density at radius 3 is 2.67 bits per heavy atom. The molecular formula is C20H21FN2O. The minimum atomic E-state index is -0.432. The normalized spacial score (nSPS) is 13.7. The first-order valence-electron chi connectivity index (χ1n) is 8.55. The van der Waals surface area contributed by atoms with Crippen molar-refractivity contribution >= 4 is 0 Å². The third-order valence-corrected chi connectivity index (χ3v) is 4.38. The van der Waals surface area contributed by atoms with Gasteiger partial charge in [-0.2, -0.15) is 5.26 Å². The molecule has 0 bridgehead atoms. The summed E-state index contributed by atoms with van der Waals surface area (Å²) in [6, 6.07) is 12.2. The van der Waals surface area contributed by atoms with Crippen LogP contribution in [0.15, 0.2) is 30.3 Å². The van der Waals surface area contributed by atoms with E-state index in [0.29, 0.717) is 17.9 Å². The van der Waals surface area contributed by atoms with Crippen LogP contribution in [0.5, 0.6) is 5.88 Å². The number of ether oxygens (including phenoxy) is 1. The van der Waals surface area contributed by atoms with E-state index in [2.05, 4.69) is 11.1 Å². The van der Waals surface area contributed by atoms with Crippen LogP contribution >= 0.6 is 0 Å². The maximum Gasteiger partial charge on any atom is 0.232 e. The number of hydrogen-bond donors (Lipinski definition) is 0. The first-order valence-corrected chi connectivity index (χ1v) is 8.55. The molecule has 24 heavy (non-hydrogen) atoms. The molecule has 0 N–H and O–H groups in total. The second-order valence-electron chi connectivity index (χ2n) is 6.02. The second-order valence-corrected chi connectivity index (χ2v) is 6.02. The number of halogens is 1. The van der Waals surface area contributed by atoms with E-state index in [4.69, 9.17) is 4.74 Å². The van der Waals surface area contributed by atoms with Gasteiger partial charge >= 0.3 is 0 Å². The first kappa shape index (κ1) is 16.4. The molecule has 0 saturated heterocycles. The molecule has 1 aromatic heterocycles. The van der Waals surface area contributed by atoms with Crippen molar-refractivity contribution in [3.63, 3.8) is 0 Å². The summed E-state index contributed by atoms with van der Waals surface area (Å²) in [6.07, 6.45) is 5.53. The third kappa shape index (κ3) is 3.41. The predicted octanol–water partition coefficient (Wildman–Crippen LogP) is 4.63. The summed E-state index contributed by atoms with van der Waals surface area (Å²) >= 11 is 0. The van der Waals surface area contributed by atoms with Crippen molar-refractivity contribution in [2.24, 2.45) is 0 Å². The third-order valence-electron chi connectivity index (χ3n) is 4.38. The van der Waals surface area contributed by atoms with Gasteiger partial charge in [-0.25, -0.2) is 4.98 Å². The van der Waals surface area contributed by atoms with Crippen LogP contribution in [0.1, 0.15) is 42.5 Å². The maximum absolute atomic E-state index is 12.4. The topological polar surface area (TPSA) is 45.9 Å². The molecule has 1 heterocycles. The highest BCUT2D eigenvalue weighted by Crippen LogP contribution is 2.37. The van der Waals surface area contributed by atoms with Gasteiger partial charge < -0.3 is 4.74 Å². The van der Waals surface area contributed by atoms with Crippen molar-refractivity contribution in [1.29, 1.82) is 5.26 Å². The Bertz CT molecular complexity index is 738. The van der Waals surface area contributed by atoms with E-state index >= 15 is 0 Å². The van der Waals surface area contributed by atoms with E-state index in [1.54, 1.807) is 0 Å². The molecule has 3 rings (SSSR count). The molecule has 0 spiro atoms. The molecule has 1 aliphatic carbocycles. The highest BCUT2D eigenvalue weighted by Gasteiger charge is 2.22. The molecule has 0 saturated carbocycles. The minimum absolute atomic E-state index is 0.241. The van der Waals surface area contributed by atoms with Gasteiger partial charge in [-0.3, -0.25) is 4.39 Å². The Morgan fingerprint density at radius 2 is 1.92 bits per heavy atom. The highest BCUT2D eigenvalue weighted by molar-refractivity contribution is 5.77. The average Bonchev–Trinajstić information content (AvgIpc) is 2.86. The summed E-state index contributed by atoms with van der Waals surface area (Å²) in [5, 5.41) is 9.74. The molecule has 0 unspecified atom stereocenters. The van der Waals surface area contributed by atoms with Crippen LogP contribution in [0, 0.1) is 11.3 Å². The number of benzene rings is 1. The molecule has 1 aliphatic rings. The van der Waals surface area contributed by atoms with E-state index in [1.165, 1.54) is 12.0 Å². The minimum Gasteiger partial charge on any atom is -0.477 e. The van der Waals surface area contributed by atoms with Crippen molar-refractivity contribution in [3.8, 4) is 23.1 Å². The molecule has 0 aliphatic heterocycles. The SMILES string of the molecule is N#Cc1c(OCCCF)nc2c(c1-c1ccccc1)CCCCC2. The zero-order valence-corrected chi connectivity index (χ0v) is 13.7. The van der Waals surface area contributed by atoms with Crippen molar-refractivity contribution in [3.05, 3.63) is 47.2 Å². The standard InChI is InChI=1S/C20H21FN2O/c21-12-7-13-24-20-17(14-22)19(15-8-3-1-4-9-15)16-10-5-2-6-11-18(16)23-20/h1,3-4,8-9H,2,5-7,10-13H2. The highest BCUT2D eigenvalue weighted by atomic mass is 19.1. The fourth-order valence-electron chi connectivity index (χ4n) is 3.25. The number of rotatable bonds is 5. The second kappa shape index (κ2) is 7.92. The van der Waals surface area contributed by atoms with E-state index in [1.807, 2.05) is 30.3 Å². The van der Waals surface area contributed by atoms with Crippen LogP contribution < -0.4 is 4.74 Å². The van der Waals surface area contributed by atoms with Gasteiger partial charge in [-0.15, -0.1) is 0 Å². The molecule has 0 radical (unpaired) electrons. The number of alkyl halides is 1. The number of hydrogen-bond acceptors (Lipinski definition) is 3. The van der Waals surface area contributed by atoms with Crippen LogP contribution in [-0.4, -0.2) is 18.3 Å². The van der Waals surface area contributed by atoms with Crippen LogP contribution in [-0.2, 0) is 12.8 Å². The maximum atomic E-state index is 12.4. The molecule has 0 amide bonds. The van der Waals surface area contributed by atoms with E-state index in [0.717, 1.165) is 42.5 Å². The van der Waals surface area contributed by atoms with Gasteiger partial charge in [-0.05, 0) is 36.8 Å². The fourth-order valence-corrected chi connectivity index (χ4v) is 3.25. The van der Waals surface area contributed by atoms with Crippen LogP contribution in [0.3, 0.4) is 0 Å². The number of aryl methyl sites for hydroxylation is 1. The van der Waals surface area contributed by atoms with Gasteiger partial charge in [0.25, 0.3) is 0 Å². The van der Waals surface area contributed by atoms with Crippen LogP contribution in [0.2, 0.25) is 0 Å². The number of aromatic nitrogens is 1. The monoisotopic (exact) mass is 324 g/mol. The Balaban J connectivity index is 2.15. The molecular weight excluding hydrogens is 303 g/mol. The van der Waals surface area contributed by atoms with Gasteiger partial charge in [0.2, 0.25) is 5.88 Å². The molecule has 4 heteroatoms. The van der Waals surface area contributed by atoms with Crippen LogP contribution in [0.25, 0.3) is 11.1 Å². The van der Waals surface area contributed by atoms with E-state index in [9.17, 15) is 9.65 Å². The summed E-state index contributed by atoms with van der Waals surface area (Å²) in [4.78, 5) is 4.63. The Labute approximate surface area is 142 Å². The number of nitriles is 1. The zero-order chi connectivity index (χ0) is 16.8. The van der Waals surface area contributed by atoms with Gasteiger partial charge in [0, 0.05) is 17.7 Å². The lowest BCUT2D eigenvalue weighted by Gasteiger charge is -2.17. The lowest BCUT2D eigenvalue weighted by Crippen LogP contribution is -2.08. The lowest BCUT2D eigenvalue weighted by molar-refractivity contribution is 0.278. The molecule has 0 fully saturated rings. The van der Waals surface area contributed by atoms with Crippen molar-refractivity contribution in [2.45, 2.75) is 38.5 Å². The molecule has 1 aromatic carbocycles. The predicted molar refractivity (Wildman–Crippen MR) is 91.7 cm³/mol. The average molecular weight is 324 g/mol. The van der Waals surface area contributed by atoms with Crippen molar-refractivity contribution in [2.75, 3.05) is 13.3 Å². The summed E-state index contributed by atoms with van der Waals surface area (Å²) in [5.41, 5.74) is 4.64. The smallest absolute Gasteiger partial charge is 0.232 e. The zero-order valence-electron chi connectivity index (χ0n) is 13.7. The Hall–Kier alpha value is -2.41. The Morgan fingerprint density at radius 1 is 1.12 bits per heavy atom. The summed E-state index contributed by atoms with van der Waals surface area (Å²) < 4.78 is 18.0. The van der Waals surface area contributed by atoms with E-state index < -0.39 is 6.67 Å². The molecule has 3 nitrogen and oxygen atoms in total. The van der Waals surface area contributed by atoms with Gasteiger partial charge in [0.15, 0.2) is 0 Å². The number of fused-ring (bicyclic) bond motifs is 1. The van der Waals surface area contributed by atoms with Gasteiger partial charge in [0.1, 0.15) is 11.6 Å². The Kier molecular flexibility index (Phi) is 5.43. The number of nitrogens with zero attached hydrogens (tertiary/aromatic N) is 2. The quantitative estimate of drug-likeness (QED) is 0.595. The summed E-state index contributed by atoms with van der Waals surface area (Å²) in [6.45, 7) is -0.191. The fraction of sp³-hybridized carbons (Fsp3) is 0.400. The van der Waals surface area contributed by atoms with E-state index in [-0.39, 0.29) is 6.61 Å². The molecule has 0 atom stereocenters. The van der Waals surface area contributed by atoms with Gasteiger partial charge in [-0.1, -0.05) is 36.8 Å². The van der Waals surface area contributed by atoms with Gasteiger partial charge in [0.05, 0.1) is 13.3 Å². The largest absolute Gasteiger partial charge is 0.477 e. The molecule has 2 aromatic rings. The summed E-state index contributed by atoms with van der Waals surface area (Å²) in [5.74, 6) is 0.352. The first-order chi connectivity index (χ1) is 11.8. The lowest BCUT2D eigenvalue weighted by atomic mass is 9.92. The number of pyridine rings is 1. The molecule has 124 valence electrons. The van der Waals surface area contributed by atoms with Crippen molar-refractivity contribution < 1.29 is 9.13 Å². The summed E-state index contributed by atoms with van der Waals surface area (Å²) in [7, 11) is 0. The van der Waals surface area contributed by atoms with Crippen LogP contribution in [0.4, 0.5) is 4.39 Å². The van der Waals surface area contributed by atoms with Crippen molar-refractivity contribution in [1.82, 2.24) is 4.98 Å².